The van der Waals surface area contributed by atoms with E-state index in [9.17, 15) is 4.79 Å². The van der Waals surface area contributed by atoms with Crippen molar-refractivity contribution >= 4 is 34.1 Å². The van der Waals surface area contributed by atoms with Gasteiger partial charge in [0.05, 0.1) is 0 Å². The molecule has 1 aromatic heterocycles. The van der Waals surface area contributed by atoms with Gasteiger partial charge in [0, 0.05) is 36.1 Å². The van der Waals surface area contributed by atoms with Crippen molar-refractivity contribution in [3.8, 4) is 0 Å². The van der Waals surface area contributed by atoms with Gasteiger partial charge in [-0.3, -0.25) is 4.79 Å². The molecule has 6 heteroatoms. The van der Waals surface area contributed by atoms with E-state index in [2.05, 4.69) is 32.8 Å². The third-order valence-electron chi connectivity index (χ3n) is 4.91. The number of carbonyl (C=O) groups is 1. The highest BCUT2D eigenvalue weighted by Crippen LogP contribution is 2.19. The van der Waals surface area contributed by atoms with Gasteiger partial charge in [-0.05, 0) is 42.8 Å². The number of aryl methyl sites for hydroxylation is 2. The number of amides is 1. The van der Waals surface area contributed by atoms with Crippen LogP contribution in [0.1, 0.15) is 21.6 Å². The Balaban J connectivity index is 1.34. The zero-order chi connectivity index (χ0) is 21.6. The summed E-state index contributed by atoms with van der Waals surface area (Å²) in [5, 5.41) is 11.4. The molecule has 0 aliphatic carbocycles. The Hall–Kier alpha value is -3.93. The number of carbonyl (C=O) groups excluding carboxylic acids is 1. The highest BCUT2D eigenvalue weighted by molar-refractivity contribution is 6.07. The first-order valence-corrected chi connectivity index (χ1v) is 10.3. The molecule has 156 valence electrons. The molecule has 0 bridgehead atoms. The van der Waals surface area contributed by atoms with Gasteiger partial charge in [0.15, 0.2) is 0 Å². The van der Waals surface area contributed by atoms with Crippen LogP contribution in [0.3, 0.4) is 0 Å². The number of hydrogen-bond donors (Lipinski definition) is 3. The van der Waals surface area contributed by atoms with Crippen LogP contribution in [0.4, 0.5) is 17.5 Å². The predicted octanol–water partition coefficient (Wildman–Crippen LogP) is 4.83. The van der Waals surface area contributed by atoms with Crippen molar-refractivity contribution in [1.82, 2.24) is 15.3 Å². The fraction of sp³-hybridized carbons (Fsp3) is 0.160. The van der Waals surface area contributed by atoms with Crippen molar-refractivity contribution in [2.75, 3.05) is 23.7 Å². The van der Waals surface area contributed by atoms with Crippen LogP contribution in [0.2, 0.25) is 0 Å². The highest BCUT2D eigenvalue weighted by atomic mass is 16.1. The van der Waals surface area contributed by atoms with Gasteiger partial charge in [-0.2, -0.15) is 4.98 Å². The number of anilines is 3. The lowest BCUT2D eigenvalue weighted by Gasteiger charge is -2.11. The summed E-state index contributed by atoms with van der Waals surface area (Å²) in [6, 6.07) is 23.7. The number of benzene rings is 3. The summed E-state index contributed by atoms with van der Waals surface area (Å²) in [7, 11) is 0. The second-order valence-corrected chi connectivity index (χ2v) is 7.42. The van der Waals surface area contributed by atoms with E-state index in [0.717, 1.165) is 28.0 Å². The predicted molar refractivity (Wildman–Crippen MR) is 126 cm³/mol. The second-order valence-electron chi connectivity index (χ2n) is 7.42. The highest BCUT2D eigenvalue weighted by Gasteiger charge is 2.09. The van der Waals surface area contributed by atoms with Crippen LogP contribution >= 0.6 is 0 Å². The van der Waals surface area contributed by atoms with Gasteiger partial charge in [-0.1, -0.05) is 54.1 Å². The topological polar surface area (TPSA) is 78.9 Å². The average molecular weight is 412 g/mol. The van der Waals surface area contributed by atoms with Crippen molar-refractivity contribution in [3.63, 3.8) is 0 Å². The van der Waals surface area contributed by atoms with Crippen LogP contribution in [0.15, 0.2) is 72.8 Å². The lowest BCUT2D eigenvalue weighted by atomic mass is 10.0. The maximum Gasteiger partial charge on any atom is 0.251 e. The Bertz CT molecular complexity index is 1200. The molecule has 31 heavy (non-hydrogen) atoms. The normalized spacial score (nSPS) is 10.6. The van der Waals surface area contributed by atoms with E-state index >= 15 is 0 Å². The Morgan fingerprint density at radius 2 is 1.65 bits per heavy atom. The molecule has 0 fully saturated rings. The number of aromatic nitrogens is 2. The quantitative estimate of drug-likeness (QED) is 0.380. The van der Waals surface area contributed by atoms with Gasteiger partial charge < -0.3 is 16.0 Å². The molecule has 0 atom stereocenters. The molecule has 1 heterocycles. The average Bonchev–Trinajstić information content (AvgIpc) is 2.77. The van der Waals surface area contributed by atoms with E-state index in [4.69, 9.17) is 0 Å². The van der Waals surface area contributed by atoms with Crippen LogP contribution in [0.5, 0.6) is 0 Å². The molecule has 0 saturated heterocycles. The zero-order valence-electron chi connectivity index (χ0n) is 17.6. The smallest absolute Gasteiger partial charge is 0.251 e. The largest absolute Gasteiger partial charge is 0.352 e. The standard InChI is InChI=1S/C25H25N5O/c1-17-10-12-20(13-11-17)29-23-16-18(2)28-25(30-23)27-15-14-26-24(31)22-9-5-7-19-6-3-4-8-21(19)22/h3-13,16H,14-15H2,1-2H3,(H,26,31)(H2,27,28,29,30). The molecular weight excluding hydrogens is 386 g/mol. The maximum absolute atomic E-state index is 12.6. The molecule has 3 N–H and O–H groups in total. The molecule has 3 aromatic carbocycles. The first-order chi connectivity index (χ1) is 15.1. The van der Waals surface area contributed by atoms with E-state index in [1.54, 1.807) is 0 Å². The Labute approximate surface area is 181 Å². The van der Waals surface area contributed by atoms with Crippen molar-refractivity contribution in [2.24, 2.45) is 0 Å². The minimum absolute atomic E-state index is 0.0921. The van der Waals surface area contributed by atoms with Crippen molar-refractivity contribution in [3.05, 3.63) is 89.6 Å². The molecular formula is C25H25N5O. The van der Waals surface area contributed by atoms with Crippen LogP contribution in [0, 0.1) is 13.8 Å². The van der Waals surface area contributed by atoms with Gasteiger partial charge in [-0.25, -0.2) is 4.98 Å². The van der Waals surface area contributed by atoms with E-state index in [0.29, 0.717) is 24.6 Å². The number of nitrogens with one attached hydrogen (secondary N) is 3. The molecule has 1 amide bonds. The van der Waals surface area contributed by atoms with Gasteiger partial charge in [0.1, 0.15) is 5.82 Å². The molecule has 0 aliphatic heterocycles. The summed E-state index contributed by atoms with van der Waals surface area (Å²) < 4.78 is 0. The fourth-order valence-electron chi connectivity index (χ4n) is 3.37. The summed E-state index contributed by atoms with van der Waals surface area (Å²) in [5.74, 6) is 1.15. The second kappa shape index (κ2) is 9.26. The summed E-state index contributed by atoms with van der Waals surface area (Å²) in [4.78, 5) is 21.6. The van der Waals surface area contributed by atoms with E-state index in [1.165, 1.54) is 5.56 Å². The van der Waals surface area contributed by atoms with Crippen LogP contribution in [0.25, 0.3) is 10.8 Å². The maximum atomic E-state index is 12.6. The number of fused-ring (bicyclic) bond motifs is 1. The van der Waals surface area contributed by atoms with Gasteiger partial charge in [0.25, 0.3) is 5.91 Å². The minimum Gasteiger partial charge on any atom is -0.352 e. The van der Waals surface area contributed by atoms with Crippen molar-refractivity contribution < 1.29 is 4.79 Å². The summed E-state index contributed by atoms with van der Waals surface area (Å²) in [6.45, 7) is 4.96. The van der Waals surface area contributed by atoms with Gasteiger partial charge in [0.2, 0.25) is 5.95 Å². The van der Waals surface area contributed by atoms with Crippen molar-refractivity contribution in [1.29, 1.82) is 0 Å². The molecule has 4 rings (SSSR count). The molecule has 0 radical (unpaired) electrons. The monoisotopic (exact) mass is 411 g/mol. The first-order valence-electron chi connectivity index (χ1n) is 10.3. The molecule has 0 aliphatic rings. The van der Waals surface area contributed by atoms with E-state index < -0.39 is 0 Å². The lowest BCUT2D eigenvalue weighted by Crippen LogP contribution is -2.29. The third kappa shape index (κ3) is 5.17. The Morgan fingerprint density at radius 1 is 0.871 bits per heavy atom. The molecule has 6 nitrogen and oxygen atoms in total. The van der Waals surface area contributed by atoms with Crippen LogP contribution in [-0.4, -0.2) is 29.0 Å². The number of rotatable bonds is 7. The van der Waals surface area contributed by atoms with Crippen LogP contribution < -0.4 is 16.0 Å². The lowest BCUT2D eigenvalue weighted by molar-refractivity contribution is 0.0957. The number of hydrogen-bond acceptors (Lipinski definition) is 5. The molecule has 4 aromatic rings. The molecule has 0 saturated carbocycles. The van der Waals surface area contributed by atoms with Crippen molar-refractivity contribution in [2.45, 2.75) is 13.8 Å². The Kier molecular flexibility index (Phi) is 6.08. The zero-order valence-corrected chi connectivity index (χ0v) is 17.6. The summed E-state index contributed by atoms with van der Waals surface area (Å²) in [5.41, 5.74) is 3.70. The van der Waals surface area contributed by atoms with E-state index in [1.807, 2.05) is 79.7 Å². The summed E-state index contributed by atoms with van der Waals surface area (Å²) in [6.07, 6.45) is 0. The fourth-order valence-corrected chi connectivity index (χ4v) is 3.37. The van der Waals surface area contributed by atoms with E-state index in [-0.39, 0.29) is 5.91 Å². The summed E-state index contributed by atoms with van der Waals surface area (Å²) >= 11 is 0. The molecule has 0 spiro atoms. The Morgan fingerprint density at radius 3 is 2.48 bits per heavy atom. The SMILES string of the molecule is Cc1ccc(Nc2cc(C)nc(NCCNC(=O)c3cccc4ccccc34)n2)cc1. The molecule has 0 unspecified atom stereocenters. The van der Waals surface area contributed by atoms with Crippen LogP contribution in [-0.2, 0) is 0 Å². The number of nitrogens with zero attached hydrogens (tertiary/aromatic N) is 2. The van der Waals surface area contributed by atoms with Gasteiger partial charge in [-0.15, -0.1) is 0 Å². The third-order valence-corrected chi connectivity index (χ3v) is 4.91. The minimum atomic E-state index is -0.0921. The van der Waals surface area contributed by atoms with Gasteiger partial charge >= 0.3 is 0 Å². The first kappa shape index (κ1) is 20.3.